The van der Waals surface area contributed by atoms with Crippen molar-refractivity contribution in [3.8, 4) is 5.75 Å². The first-order chi connectivity index (χ1) is 12.0. The second kappa shape index (κ2) is 6.14. The minimum Gasteiger partial charge on any atom is -0.476 e. The second-order valence-electron chi connectivity index (χ2n) is 6.60. The fraction of sp³-hybridized carbons (Fsp3) is 0.294. The minimum atomic E-state index is -3.43. The number of nitrogens with one attached hydrogen (secondary N) is 1. The first-order valence-corrected chi connectivity index (χ1v) is 10.0. The van der Waals surface area contributed by atoms with E-state index in [0.29, 0.717) is 28.0 Å². The quantitative estimate of drug-likeness (QED) is 0.806. The van der Waals surface area contributed by atoms with Gasteiger partial charge in [-0.3, -0.25) is 14.4 Å². The lowest BCUT2D eigenvalue weighted by molar-refractivity contribution is -0.131. The van der Waals surface area contributed by atoms with E-state index in [9.17, 15) is 13.2 Å². The highest BCUT2D eigenvalue weighted by Gasteiger charge is 2.42. The van der Waals surface area contributed by atoms with Crippen LogP contribution in [0.5, 0.6) is 5.75 Å². The first kappa shape index (κ1) is 18.5. The van der Waals surface area contributed by atoms with Crippen molar-refractivity contribution < 1.29 is 17.9 Å². The Kier molecular flexibility index (Phi) is 4.36. The Balaban J connectivity index is 2.16. The molecule has 0 bridgehead atoms. The van der Waals surface area contributed by atoms with Crippen molar-refractivity contribution in [1.29, 1.82) is 0 Å². The first-order valence-electron chi connectivity index (χ1n) is 7.75. The van der Waals surface area contributed by atoms with Crippen LogP contribution in [0.1, 0.15) is 19.4 Å². The number of hydrogen-bond acceptors (Lipinski definition) is 5. The Labute approximate surface area is 157 Å². The summed E-state index contributed by atoms with van der Waals surface area (Å²) in [5.41, 5.74) is 1.08. The summed E-state index contributed by atoms with van der Waals surface area (Å²) in [4.78, 5) is 18.6. The summed E-state index contributed by atoms with van der Waals surface area (Å²) in [5, 5.41) is 0.333. The highest BCUT2D eigenvalue weighted by Crippen LogP contribution is 2.44. The number of fused-ring (bicyclic) bond motifs is 1. The van der Waals surface area contributed by atoms with Crippen molar-refractivity contribution in [2.24, 2.45) is 0 Å². The van der Waals surface area contributed by atoms with Gasteiger partial charge in [0.15, 0.2) is 5.60 Å². The van der Waals surface area contributed by atoms with Crippen LogP contribution in [0.15, 0.2) is 30.5 Å². The van der Waals surface area contributed by atoms with Crippen LogP contribution >= 0.6 is 11.6 Å². The van der Waals surface area contributed by atoms with Crippen molar-refractivity contribution in [3.05, 3.63) is 41.2 Å². The average Bonchev–Trinajstić information content (AvgIpc) is 2.48. The number of amides is 1. The van der Waals surface area contributed by atoms with Gasteiger partial charge in [-0.05, 0) is 44.5 Å². The molecule has 1 aliphatic rings. The van der Waals surface area contributed by atoms with E-state index in [1.807, 2.05) is 6.92 Å². The molecule has 138 valence electrons. The number of benzene rings is 1. The Morgan fingerprint density at radius 1 is 1.23 bits per heavy atom. The Morgan fingerprint density at radius 3 is 2.54 bits per heavy atom. The van der Waals surface area contributed by atoms with Gasteiger partial charge < -0.3 is 4.74 Å². The number of carbonyl (C=O) groups is 1. The van der Waals surface area contributed by atoms with E-state index in [-0.39, 0.29) is 5.91 Å². The fourth-order valence-electron chi connectivity index (χ4n) is 2.74. The lowest BCUT2D eigenvalue weighted by Crippen LogP contribution is -2.50. The number of sulfonamides is 1. The van der Waals surface area contributed by atoms with E-state index in [2.05, 4.69) is 9.71 Å². The van der Waals surface area contributed by atoms with Gasteiger partial charge in [0.1, 0.15) is 10.9 Å². The molecule has 9 heteroatoms. The maximum absolute atomic E-state index is 13.0. The minimum absolute atomic E-state index is 0.263. The highest BCUT2D eigenvalue weighted by molar-refractivity contribution is 7.92. The molecule has 0 unspecified atom stereocenters. The third-order valence-corrected chi connectivity index (χ3v) is 4.69. The van der Waals surface area contributed by atoms with Gasteiger partial charge in [-0.2, -0.15) is 0 Å². The molecule has 1 amide bonds. The van der Waals surface area contributed by atoms with E-state index in [1.54, 1.807) is 38.1 Å². The van der Waals surface area contributed by atoms with E-state index < -0.39 is 15.6 Å². The topological polar surface area (TPSA) is 88.6 Å². The monoisotopic (exact) mass is 395 g/mol. The summed E-state index contributed by atoms with van der Waals surface area (Å²) < 4.78 is 31.2. The molecule has 3 rings (SSSR count). The highest BCUT2D eigenvalue weighted by atomic mass is 35.5. The molecular formula is C17H18ClN3O4S. The normalized spacial score (nSPS) is 16.0. The predicted octanol–water partition coefficient (Wildman–Crippen LogP) is 3.25. The molecule has 7 nitrogen and oxygen atoms in total. The summed E-state index contributed by atoms with van der Waals surface area (Å²) in [6.45, 7) is 5.14. The molecule has 0 atom stereocenters. The van der Waals surface area contributed by atoms with Gasteiger partial charge in [-0.1, -0.05) is 11.6 Å². The maximum Gasteiger partial charge on any atom is 0.275 e. The third kappa shape index (κ3) is 3.47. The second-order valence-corrected chi connectivity index (χ2v) is 8.74. The van der Waals surface area contributed by atoms with Gasteiger partial charge in [-0.25, -0.2) is 13.4 Å². The van der Waals surface area contributed by atoms with E-state index in [0.717, 1.165) is 11.8 Å². The molecule has 2 heterocycles. The van der Waals surface area contributed by atoms with Crippen LogP contribution in [0.2, 0.25) is 5.15 Å². The number of aryl methyl sites for hydroxylation is 1. The molecule has 26 heavy (non-hydrogen) atoms. The smallest absolute Gasteiger partial charge is 0.275 e. The zero-order valence-corrected chi connectivity index (χ0v) is 16.3. The van der Waals surface area contributed by atoms with Crippen LogP contribution in [0.25, 0.3) is 0 Å². The molecule has 1 aromatic heterocycles. The molecule has 0 radical (unpaired) electrons. The maximum atomic E-state index is 13.0. The zero-order chi connectivity index (χ0) is 19.3. The lowest BCUT2D eigenvalue weighted by Gasteiger charge is -2.39. The van der Waals surface area contributed by atoms with Crippen molar-refractivity contribution in [1.82, 2.24) is 4.98 Å². The number of hydrogen-bond donors (Lipinski definition) is 1. The van der Waals surface area contributed by atoms with E-state index in [1.165, 1.54) is 11.1 Å². The molecule has 0 saturated heterocycles. The van der Waals surface area contributed by atoms with Gasteiger partial charge in [0.25, 0.3) is 5.91 Å². The van der Waals surface area contributed by atoms with Crippen LogP contribution in [0.4, 0.5) is 17.1 Å². The van der Waals surface area contributed by atoms with Crippen LogP contribution in [-0.4, -0.2) is 31.2 Å². The molecule has 0 saturated carbocycles. The van der Waals surface area contributed by atoms with Crippen LogP contribution in [0.3, 0.4) is 0 Å². The Morgan fingerprint density at radius 2 is 1.92 bits per heavy atom. The number of ether oxygens (including phenoxy) is 1. The van der Waals surface area contributed by atoms with Gasteiger partial charge in [0, 0.05) is 6.07 Å². The Bertz CT molecular complexity index is 1010. The molecule has 1 aromatic carbocycles. The average molecular weight is 396 g/mol. The van der Waals surface area contributed by atoms with Crippen molar-refractivity contribution in [3.63, 3.8) is 0 Å². The molecule has 0 fully saturated rings. The Hall–Kier alpha value is -2.32. The summed E-state index contributed by atoms with van der Waals surface area (Å²) in [6, 6.07) is 6.42. The van der Waals surface area contributed by atoms with Gasteiger partial charge in [0.2, 0.25) is 10.0 Å². The summed E-state index contributed by atoms with van der Waals surface area (Å²) in [7, 11) is -3.43. The summed E-state index contributed by atoms with van der Waals surface area (Å²) in [6.07, 6.45) is 2.60. The largest absolute Gasteiger partial charge is 0.476 e. The number of nitrogens with zero attached hydrogens (tertiary/aromatic N) is 2. The summed E-state index contributed by atoms with van der Waals surface area (Å²) >= 11 is 5.93. The molecule has 1 N–H and O–H groups in total. The molecule has 1 aliphatic heterocycles. The fourth-order valence-corrected chi connectivity index (χ4v) is 3.51. The van der Waals surface area contributed by atoms with Crippen LogP contribution in [-0.2, 0) is 14.8 Å². The lowest BCUT2D eigenvalue weighted by atomic mass is 10.0. The number of anilines is 3. The molecule has 0 spiro atoms. The van der Waals surface area contributed by atoms with Gasteiger partial charge >= 0.3 is 0 Å². The van der Waals surface area contributed by atoms with Crippen molar-refractivity contribution >= 4 is 44.6 Å². The number of pyridine rings is 1. The number of rotatable bonds is 3. The van der Waals surface area contributed by atoms with Crippen molar-refractivity contribution in [2.75, 3.05) is 15.9 Å². The number of halogens is 1. The predicted molar refractivity (Wildman–Crippen MR) is 101 cm³/mol. The van der Waals surface area contributed by atoms with Crippen LogP contribution < -0.4 is 14.4 Å². The molecular weight excluding hydrogens is 378 g/mol. The van der Waals surface area contributed by atoms with Gasteiger partial charge in [-0.15, -0.1) is 0 Å². The number of carbonyl (C=O) groups excluding carboxylic acids is 1. The summed E-state index contributed by atoms with van der Waals surface area (Å²) in [5.74, 6) is 0.124. The molecule has 0 aliphatic carbocycles. The third-order valence-electron chi connectivity index (χ3n) is 3.88. The SMILES string of the molecule is Cc1cc(Cl)ncc1N1C(=O)C(C)(C)Oc2cc(NS(C)(=O)=O)ccc21. The van der Waals surface area contributed by atoms with E-state index >= 15 is 0 Å². The zero-order valence-electron chi connectivity index (χ0n) is 14.7. The number of aromatic nitrogens is 1. The van der Waals surface area contributed by atoms with Crippen molar-refractivity contribution in [2.45, 2.75) is 26.4 Å². The van der Waals surface area contributed by atoms with Gasteiger partial charge in [0.05, 0.1) is 29.5 Å². The molecule has 2 aromatic rings. The van der Waals surface area contributed by atoms with Crippen LogP contribution in [0, 0.1) is 6.92 Å². The standard InChI is InChI=1S/C17H18ClN3O4S/c1-10-7-15(18)19-9-13(10)21-12-6-5-11(20-26(4,23)24)8-14(12)25-17(2,3)16(21)22/h5-9,20H,1-4H3. The van der Waals surface area contributed by atoms with E-state index in [4.69, 9.17) is 16.3 Å².